The van der Waals surface area contributed by atoms with Crippen molar-refractivity contribution in [2.45, 2.75) is 90.0 Å². The Morgan fingerprint density at radius 2 is 0.400 bits per heavy atom. The molecule has 0 spiro atoms. The van der Waals surface area contributed by atoms with E-state index in [1.807, 2.05) is 45.3 Å². The zero-order valence-corrected chi connectivity index (χ0v) is 59.8. The van der Waals surface area contributed by atoms with Gasteiger partial charge in [-0.1, -0.05) is 164 Å². The van der Waals surface area contributed by atoms with Crippen molar-refractivity contribution in [3.8, 4) is 94.7 Å². The molecule has 6 heteroatoms. The molecule has 0 bridgehead atoms. The number of rotatable bonds is 15. The van der Waals surface area contributed by atoms with Crippen LogP contribution in [0.15, 0.2) is 237 Å². The molecular weight excluding hydrogens is 1230 g/mol. The van der Waals surface area contributed by atoms with Gasteiger partial charge < -0.3 is 9.80 Å². The van der Waals surface area contributed by atoms with Gasteiger partial charge in [0.1, 0.15) is 0 Å². The molecule has 0 saturated carbocycles. The molecule has 95 heavy (non-hydrogen) atoms. The maximum Gasteiger partial charge on any atom is 0.0464 e. The highest BCUT2D eigenvalue weighted by atomic mass is 32.1. The Hall–Kier alpha value is -9.40. The first-order chi connectivity index (χ1) is 46.0. The van der Waals surface area contributed by atoms with E-state index in [2.05, 4.69) is 336 Å². The first-order valence-electron chi connectivity index (χ1n) is 32.9. The molecule has 0 amide bonds. The van der Waals surface area contributed by atoms with Crippen LogP contribution in [0.2, 0.25) is 0 Å². The molecule has 14 rings (SSSR count). The molecule has 0 aliphatic heterocycles. The predicted molar refractivity (Wildman–Crippen MR) is 418 cm³/mol. The summed E-state index contributed by atoms with van der Waals surface area (Å²) in [5.41, 5.74) is 36.3. The number of benzene rings is 10. The van der Waals surface area contributed by atoms with Crippen LogP contribution in [0.4, 0.5) is 34.1 Å². The molecule has 10 aromatic carbocycles. The third kappa shape index (κ3) is 11.8. The van der Waals surface area contributed by atoms with E-state index in [-0.39, 0.29) is 0 Å². The van der Waals surface area contributed by atoms with Crippen molar-refractivity contribution < 1.29 is 0 Å². The quantitative estimate of drug-likeness (QED) is 0.101. The Bertz CT molecular complexity index is 5050. The van der Waals surface area contributed by atoms with Gasteiger partial charge in [0.15, 0.2) is 0 Å². The predicted octanol–water partition coefficient (Wildman–Crippen LogP) is 27.9. The standard InChI is InChI=1S/C89H78N2S4/c1-53-25-23-24-32-77(53)85-64(12)65(13)89(95-85)81-48-44-76(52-57(81)5)91(75-43-47-80(56(4)51-75)88-63(11)60(8)84(94-88)70-30-21-16-22-31-70)72-39-35-67(36-40-72)66-33-37-71(38-34-66)90(73-41-45-78(54(2)49-73)86-61(9)58(6)82(92-86)68-26-17-14-18-27-68)74-42-46-79(55(3)50-74)87-62(10)59(7)83(93-87)69-28-19-15-20-29-69/h14-52H,1-13H3. The molecule has 0 aliphatic carbocycles. The van der Waals surface area contributed by atoms with Crippen molar-refractivity contribution in [2.75, 3.05) is 9.80 Å². The topological polar surface area (TPSA) is 6.48 Å². The summed E-state index contributed by atoms with van der Waals surface area (Å²) >= 11 is 7.63. The second kappa shape index (κ2) is 26.1. The average molecular weight is 1300 g/mol. The van der Waals surface area contributed by atoms with Gasteiger partial charge in [0, 0.05) is 73.1 Å². The number of nitrogens with zero attached hydrogens (tertiary/aromatic N) is 2. The van der Waals surface area contributed by atoms with Crippen LogP contribution in [-0.4, -0.2) is 0 Å². The lowest BCUT2D eigenvalue weighted by atomic mass is 9.98. The Morgan fingerprint density at radius 1 is 0.179 bits per heavy atom. The first-order valence-corrected chi connectivity index (χ1v) is 36.1. The minimum absolute atomic E-state index is 1.10. The van der Waals surface area contributed by atoms with E-state index >= 15 is 0 Å². The largest absolute Gasteiger partial charge is 0.310 e. The first kappa shape index (κ1) is 63.0. The van der Waals surface area contributed by atoms with E-state index in [4.69, 9.17) is 0 Å². The van der Waals surface area contributed by atoms with Crippen molar-refractivity contribution in [3.63, 3.8) is 0 Å². The maximum absolute atomic E-state index is 2.44. The molecule has 0 aliphatic rings. The Morgan fingerprint density at radius 3 is 0.663 bits per heavy atom. The molecular formula is C89H78N2S4. The van der Waals surface area contributed by atoms with Crippen LogP contribution in [0.1, 0.15) is 72.3 Å². The van der Waals surface area contributed by atoms with Crippen molar-refractivity contribution in [1.29, 1.82) is 0 Å². The summed E-state index contributed by atoms with van der Waals surface area (Å²) in [5.74, 6) is 0. The monoisotopic (exact) mass is 1300 g/mol. The van der Waals surface area contributed by atoms with E-state index < -0.39 is 0 Å². The summed E-state index contributed by atoms with van der Waals surface area (Å²) in [6.45, 7) is 29.6. The number of hydrogen-bond acceptors (Lipinski definition) is 6. The molecule has 0 N–H and O–H groups in total. The maximum atomic E-state index is 2.44. The van der Waals surface area contributed by atoms with Gasteiger partial charge in [-0.2, -0.15) is 0 Å². The van der Waals surface area contributed by atoms with Crippen LogP contribution in [0, 0.1) is 90.0 Å². The van der Waals surface area contributed by atoms with E-state index in [1.54, 1.807) is 0 Å². The summed E-state index contributed by atoms with van der Waals surface area (Å²) in [7, 11) is 0. The minimum Gasteiger partial charge on any atom is -0.310 e. The summed E-state index contributed by atoms with van der Waals surface area (Å²) in [4.78, 5) is 15.6. The fraction of sp³-hybridized carbons (Fsp3) is 0.146. The number of thiophene rings is 4. The van der Waals surface area contributed by atoms with E-state index in [0.29, 0.717) is 0 Å². The number of aryl methyl sites for hydroxylation is 5. The normalized spacial score (nSPS) is 11.4. The lowest BCUT2D eigenvalue weighted by Crippen LogP contribution is -2.11. The van der Waals surface area contributed by atoms with Gasteiger partial charge in [0.25, 0.3) is 0 Å². The van der Waals surface area contributed by atoms with Crippen LogP contribution in [0.5, 0.6) is 0 Å². The summed E-state index contributed by atoms with van der Waals surface area (Å²) in [6, 6.07) is 87.9. The highest BCUT2D eigenvalue weighted by molar-refractivity contribution is 7.20. The van der Waals surface area contributed by atoms with Crippen molar-refractivity contribution in [3.05, 3.63) is 309 Å². The number of hydrogen-bond donors (Lipinski definition) is 0. The summed E-state index contributed by atoms with van der Waals surface area (Å²) in [6.07, 6.45) is 0. The molecule has 468 valence electrons. The van der Waals surface area contributed by atoms with Gasteiger partial charge in [-0.05, 0) is 291 Å². The Labute approximate surface area is 578 Å². The van der Waals surface area contributed by atoms with Gasteiger partial charge in [0.2, 0.25) is 0 Å². The Kier molecular flexibility index (Phi) is 17.3. The lowest BCUT2D eigenvalue weighted by molar-refractivity contribution is 1.26. The highest BCUT2D eigenvalue weighted by Crippen LogP contribution is 2.50. The molecule has 4 aromatic heterocycles. The third-order valence-electron chi connectivity index (χ3n) is 19.7. The molecule has 14 aromatic rings. The van der Waals surface area contributed by atoms with Gasteiger partial charge in [0.05, 0.1) is 0 Å². The van der Waals surface area contributed by atoms with Crippen LogP contribution in [0.3, 0.4) is 0 Å². The van der Waals surface area contributed by atoms with Crippen LogP contribution in [0.25, 0.3) is 94.7 Å². The number of anilines is 6. The van der Waals surface area contributed by atoms with Crippen molar-refractivity contribution in [1.82, 2.24) is 0 Å². The molecule has 4 heterocycles. The van der Waals surface area contributed by atoms with Crippen LogP contribution >= 0.6 is 45.3 Å². The molecule has 2 nitrogen and oxygen atoms in total. The minimum atomic E-state index is 1.10. The van der Waals surface area contributed by atoms with Gasteiger partial charge in [-0.3, -0.25) is 0 Å². The van der Waals surface area contributed by atoms with E-state index in [9.17, 15) is 0 Å². The third-order valence-corrected chi connectivity index (χ3v) is 25.6. The van der Waals surface area contributed by atoms with Gasteiger partial charge in [-0.25, -0.2) is 0 Å². The molecule has 0 unspecified atom stereocenters. The van der Waals surface area contributed by atoms with Crippen LogP contribution in [-0.2, 0) is 0 Å². The zero-order chi connectivity index (χ0) is 65.9. The lowest BCUT2D eigenvalue weighted by Gasteiger charge is -2.28. The van der Waals surface area contributed by atoms with E-state index in [0.717, 1.165) is 45.3 Å². The van der Waals surface area contributed by atoms with Crippen LogP contribution < -0.4 is 9.80 Å². The summed E-state index contributed by atoms with van der Waals surface area (Å²) in [5, 5.41) is 0. The smallest absolute Gasteiger partial charge is 0.0464 e. The SMILES string of the molecule is Cc1cc(N(c2ccc(-c3ccc(N(c4ccc(-c5sc(-c6ccccc6)c(C)c5C)c(C)c4)c4ccc(-c5sc(-c6ccccc6C)c(C)c5C)c(C)c4)cc3)cc2)c2ccc(-c3sc(-c4ccccc4)c(C)c3C)c(C)c2)ccc1-c1sc(-c2ccccc2)c(C)c1C. The van der Waals surface area contributed by atoms with Crippen molar-refractivity contribution >= 4 is 79.5 Å². The Balaban J connectivity index is 0.826. The molecule has 0 fully saturated rings. The van der Waals surface area contributed by atoms with E-state index in [1.165, 1.54) is 156 Å². The second-order valence-electron chi connectivity index (χ2n) is 25.7. The second-order valence-corrected chi connectivity index (χ2v) is 29.8. The fourth-order valence-electron chi connectivity index (χ4n) is 13.8. The fourth-order valence-corrected chi connectivity index (χ4v) is 19.5. The molecule has 0 radical (unpaired) electrons. The molecule has 0 atom stereocenters. The summed E-state index contributed by atoms with van der Waals surface area (Å²) < 4.78 is 0. The van der Waals surface area contributed by atoms with Gasteiger partial charge >= 0.3 is 0 Å². The van der Waals surface area contributed by atoms with Gasteiger partial charge in [-0.15, -0.1) is 45.3 Å². The van der Waals surface area contributed by atoms with Crippen molar-refractivity contribution in [2.24, 2.45) is 0 Å². The average Bonchev–Trinajstić information content (AvgIpc) is 1.78. The highest BCUT2D eigenvalue weighted by Gasteiger charge is 2.25. The zero-order valence-electron chi connectivity index (χ0n) is 56.5. The molecule has 0 saturated heterocycles.